The van der Waals surface area contributed by atoms with E-state index in [1.54, 1.807) is 30.3 Å². The number of nitrogens with one attached hydrogen (secondary N) is 1. The van der Waals surface area contributed by atoms with Crippen LogP contribution in [0.25, 0.3) is 0 Å². The molecule has 0 unspecified atom stereocenters. The summed E-state index contributed by atoms with van der Waals surface area (Å²) in [4.78, 5) is 28.4. The molecule has 0 fully saturated rings. The van der Waals surface area contributed by atoms with Gasteiger partial charge in [0, 0.05) is 24.0 Å². The molecule has 3 aromatic carbocycles. The standard InChI is InChI=1S/C28H29BrClFN2O3/c1-2-3-15-32-28(35)25(16-20-7-5-4-6-8-20)33(18-21-9-12-23(31)13-10-21)27(34)19-36-26-14-11-22(29)17-24(26)30/h4-14,17,25H,2-3,15-16,18-19H2,1H3,(H,32,35)/t25-/m0/s1. The number of carbonyl (C=O) groups is 2. The molecule has 0 saturated heterocycles. The van der Waals surface area contributed by atoms with Gasteiger partial charge in [-0.15, -0.1) is 0 Å². The van der Waals surface area contributed by atoms with E-state index in [4.69, 9.17) is 16.3 Å². The second-order valence-corrected chi connectivity index (χ2v) is 9.68. The van der Waals surface area contributed by atoms with E-state index in [1.165, 1.54) is 17.0 Å². The van der Waals surface area contributed by atoms with Gasteiger partial charge in [-0.3, -0.25) is 9.59 Å². The molecule has 8 heteroatoms. The van der Waals surface area contributed by atoms with Gasteiger partial charge in [0.2, 0.25) is 5.91 Å². The Labute approximate surface area is 224 Å². The van der Waals surface area contributed by atoms with Crippen LogP contribution in [0.1, 0.15) is 30.9 Å². The molecule has 0 saturated carbocycles. The Bertz CT molecular complexity index is 1150. The Morgan fingerprint density at radius 2 is 1.78 bits per heavy atom. The molecule has 3 rings (SSSR count). The number of amides is 2. The first-order valence-corrected chi connectivity index (χ1v) is 13.0. The molecule has 0 heterocycles. The van der Waals surface area contributed by atoms with Crippen LogP contribution in [0.2, 0.25) is 5.02 Å². The van der Waals surface area contributed by atoms with Crippen molar-refractivity contribution in [2.45, 2.75) is 38.8 Å². The lowest BCUT2D eigenvalue weighted by Crippen LogP contribution is -2.51. The summed E-state index contributed by atoms with van der Waals surface area (Å²) in [6.45, 7) is 2.37. The van der Waals surface area contributed by atoms with Crippen LogP contribution in [-0.2, 0) is 22.6 Å². The van der Waals surface area contributed by atoms with Crippen LogP contribution in [-0.4, -0.2) is 35.9 Å². The zero-order valence-corrected chi connectivity index (χ0v) is 22.4. The first-order chi connectivity index (χ1) is 17.4. The predicted molar refractivity (Wildman–Crippen MR) is 143 cm³/mol. The first kappa shape index (κ1) is 27.7. The summed E-state index contributed by atoms with van der Waals surface area (Å²) in [6, 6.07) is 19.7. The summed E-state index contributed by atoms with van der Waals surface area (Å²) in [6.07, 6.45) is 2.09. The van der Waals surface area contributed by atoms with Gasteiger partial charge in [0.1, 0.15) is 17.6 Å². The van der Waals surface area contributed by atoms with E-state index < -0.39 is 6.04 Å². The smallest absolute Gasteiger partial charge is 0.261 e. The molecule has 0 aromatic heterocycles. The summed E-state index contributed by atoms with van der Waals surface area (Å²) < 4.78 is 20.0. The number of ether oxygens (including phenoxy) is 1. The third-order valence-electron chi connectivity index (χ3n) is 5.61. The highest BCUT2D eigenvalue weighted by atomic mass is 79.9. The summed E-state index contributed by atoms with van der Waals surface area (Å²) in [5.41, 5.74) is 1.62. The molecular formula is C28H29BrClFN2O3. The van der Waals surface area contributed by atoms with Gasteiger partial charge in [0.05, 0.1) is 5.02 Å². The number of nitrogens with zero attached hydrogens (tertiary/aromatic N) is 1. The summed E-state index contributed by atoms with van der Waals surface area (Å²) >= 11 is 9.60. The lowest BCUT2D eigenvalue weighted by molar-refractivity contribution is -0.142. The molecule has 0 aliphatic rings. The molecule has 3 aromatic rings. The molecule has 2 amide bonds. The second kappa shape index (κ2) is 14.0. The number of unbranched alkanes of at least 4 members (excludes halogenated alkanes) is 1. The van der Waals surface area contributed by atoms with Gasteiger partial charge >= 0.3 is 0 Å². The normalized spacial score (nSPS) is 11.6. The van der Waals surface area contributed by atoms with Crippen molar-refractivity contribution in [1.82, 2.24) is 10.2 Å². The third-order valence-corrected chi connectivity index (χ3v) is 6.40. The molecular weight excluding hydrogens is 547 g/mol. The number of halogens is 3. The van der Waals surface area contributed by atoms with Gasteiger partial charge in [-0.1, -0.05) is 83.3 Å². The zero-order chi connectivity index (χ0) is 25.9. The van der Waals surface area contributed by atoms with Crippen molar-refractivity contribution in [1.29, 1.82) is 0 Å². The largest absolute Gasteiger partial charge is 0.482 e. The minimum absolute atomic E-state index is 0.120. The van der Waals surface area contributed by atoms with E-state index in [1.807, 2.05) is 37.3 Å². The van der Waals surface area contributed by atoms with Crippen molar-refractivity contribution in [2.75, 3.05) is 13.2 Å². The van der Waals surface area contributed by atoms with Crippen LogP contribution >= 0.6 is 27.5 Å². The predicted octanol–water partition coefficient (Wildman–Crippen LogP) is 6.18. The monoisotopic (exact) mass is 574 g/mol. The SMILES string of the molecule is CCCCNC(=O)[C@H](Cc1ccccc1)N(Cc1ccc(F)cc1)C(=O)COc1ccc(Br)cc1Cl. The maximum absolute atomic E-state index is 13.5. The van der Waals surface area contributed by atoms with E-state index in [0.29, 0.717) is 29.3 Å². The molecule has 1 atom stereocenters. The number of benzene rings is 3. The molecule has 0 aliphatic heterocycles. The number of carbonyl (C=O) groups excluding carboxylic acids is 2. The van der Waals surface area contributed by atoms with Gasteiger partial charge in [-0.2, -0.15) is 0 Å². The minimum atomic E-state index is -0.786. The molecule has 0 bridgehead atoms. The molecule has 36 heavy (non-hydrogen) atoms. The van der Waals surface area contributed by atoms with Crippen LogP contribution in [0.4, 0.5) is 4.39 Å². The molecule has 0 aliphatic carbocycles. The number of rotatable bonds is 12. The third kappa shape index (κ3) is 8.35. The average molecular weight is 576 g/mol. The molecule has 190 valence electrons. The van der Waals surface area contributed by atoms with Gasteiger partial charge in [-0.05, 0) is 47.9 Å². The second-order valence-electron chi connectivity index (χ2n) is 8.36. The molecule has 0 spiro atoms. The highest BCUT2D eigenvalue weighted by Gasteiger charge is 2.30. The van der Waals surface area contributed by atoms with Crippen LogP contribution < -0.4 is 10.1 Å². The fourth-order valence-corrected chi connectivity index (χ4v) is 4.39. The number of hydrogen-bond donors (Lipinski definition) is 1. The average Bonchev–Trinajstić information content (AvgIpc) is 2.87. The van der Waals surface area contributed by atoms with Crippen molar-refractivity contribution < 1.29 is 18.7 Å². The highest BCUT2D eigenvalue weighted by Crippen LogP contribution is 2.28. The van der Waals surface area contributed by atoms with Gasteiger partial charge in [0.25, 0.3) is 5.91 Å². The quantitative estimate of drug-likeness (QED) is 0.263. The van der Waals surface area contributed by atoms with Crippen molar-refractivity contribution in [3.05, 3.63) is 99.2 Å². The summed E-state index contributed by atoms with van der Waals surface area (Å²) in [5, 5.41) is 3.32. The fraction of sp³-hybridized carbons (Fsp3) is 0.286. The topological polar surface area (TPSA) is 58.6 Å². The first-order valence-electron chi connectivity index (χ1n) is 11.8. The van der Waals surface area contributed by atoms with E-state index >= 15 is 0 Å². The summed E-state index contributed by atoms with van der Waals surface area (Å²) in [5.74, 6) is -0.640. The lowest BCUT2D eigenvalue weighted by Gasteiger charge is -2.31. The molecule has 5 nitrogen and oxygen atoms in total. The van der Waals surface area contributed by atoms with E-state index in [-0.39, 0.29) is 30.8 Å². The van der Waals surface area contributed by atoms with Crippen molar-refractivity contribution in [3.8, 4) is 5.75 Å². The maximum Gasteiger partial charge on any atom is 0.261 e. The molecule has 0 radical (unpaired) electrons. The van der Waals surface area contributed by atoms with E-state index in [0.717, 1.165) is 22.9 Å². The maximum atomic E-state index is 13.5. The fourth-order valence-electron chi connectivity index (χ4n) is 3.66. The van der Waals surface area contributed by atoms with Crippen LogP contribution in [0, 0.1) is 5.82 Å². The Hall–Kier alpha value is -2.90. The van der Waals surface area contributed by atoms with Crippen molar-refractivity contribution in [3.63, 3.8) is 0 Å². The van der Waals surface area contributed by atoms with Crippen LogP contribution in [0.5, 0.6) is 5.75 Å². The summed E-state index contributed by atoms with van der Waals surface area (Å²) in [7, 11) is 0. The number of hydrogen-bond acceptors (Lipinski definition) is 3. The minimum Gasteiger partial charge on any atom is -0.482 e. The Morgan fingerprint density at radius 1 is 1.06 bits per heavy atom. The van der Waals surface area contributed by atoms with Crippen molar-refractivity contribution in [2.24, 2.45) is 0 Å². The van der Waals surface area contributed by atoms with Gasteiger partial charge in [0.15, 0.2) is 6.61 Å². The van der Waals surface area contributed by atoms with E-state index in [9.17, 15) is 14.0 Å². The highest BCUT2D eigenvalue weighted by molar-refractivity contribution is 9.10. The van der Waals surface area contributed by atoms with Crippen LogP contribution in [0.3, 0.4) is 0 Å². The Balaban J connectivity index is 1.88. The molecule has 1 N–H and O–H groups in total. The Kier molecular flexibility index (Phi) is 10.8. The zero-order valence-electron chi connectivity index (χ0n) is 20.1. The van der Waals surface area contributed by atoms with E-state index in [2.05, 4.69) is 21.2 Å². The van der Waals surface area contributed by atoms with Crippen LogP contribution in [0.15, 0.2) is 77.3 Å². The van der Waals surface area contributed by atoms with Crippen molar-refractivity contribution >= 4 is 39.3 Å². The lowest BCUT2D eigenvalue weighted by atomic mass is 10.0. The van der Waals surface area contributed by atoms with Gasteiger partial charge < -0.3 is 15.0 Å². The van der Waals surface area contributed by atoms with Gasteiger partial charge in [-0.25, -0.2) is 4.39 Å². The Morgan fingerprint density at radius 3 is 2.44 bits per heavy atom.